The topological polar surface area (TPSA) is 61.9 Å². The second kappa shape index (κ2) is 10.6. The SMILES string of the molecule is C[C@H]1CCCCN1Cc1ccccc1CNC(=O)CCC(=O)N1CCOCC1. The van der Waals surface area contributed by atoms with Crippen LogP contribution in [0.4, 0.5) is 0 Å². The molecule has 2 aliphatic rings. The maximum atomic E-state index is 12.2. The summed E-state index contributed by atoms with van der Waals surface area (Å²) in [6.45, 7) is 7.33. The van der Waals surface area contributed by atoms with Crippen molar-refractivity contribution < 1.29 is 14.3 Å². The Labute approximate surface area is 168 Å². The van der Waals surface area contributed by atoms with Crippen molar-refractivity contribution in [3.05, 3.63) is 35.4 Å². The Balaban J connectivity index is 1.46. The quantitative estimate of drug-likeness (QED) is 0.780. The van der Waals surface area contributed by atoms with Gasteiger partial charge in [0.1, 0.15) is 0 Å². The molecule has 2 fully saturated rings. The number of piperidine rings is 1. The predicted molar refractivity (Wildman–Crippen MR) is 109 cm³/mol. The second-order valence-corrected chi connectivity index (χ2v) is 7.85. The zero-order chi connectivity index (χ0) is 19.8. The van der Waals surface area contributed by atoms with E-state index in [0.717, 1.165) is 18.7 Å². The lowest BCUT2D eigenvalue weighted by Crippen LogP contribution is -2.41. The van der Waals surface area contributed by atoms with E-state index in [2.05, 4.69) is 35.3 Å². The Kier molecular flexibility index (Phi) is 7.86. The van der Waals surface area contributed by atoms with E-state index < -0.39 is 0 Å². The molecule has 0 saturated carbocycles. The summed E-state index contributed by atoms with van der Waals surface area (Å²) in [5.74, 6) is -0.0271. The molecule has 0 unspecified atom stereocenters. The van der Waals surface area contributed by atoms with Crippen LogP contribution in [0, 0.1) is 0 Å². The number of carbonyl (C=O) groups is 2. The van der Waals surface area contributed by atoms with Crippen molar-refractivity contribution in [3.8, 4) is 0 Å². The molecule has 6 nitrogen and oxygen atoms in total. The van der Waals surface area contributed by atoms with Gasteiger partial charge in [0.05, 0.1) is 13.2 Å². The Hall–Kier alpha value is -1.92. The lowest BCUT2D eigenvalue weighted by atomic mass is 10.0. The number of hydrogen-bond acceptors (Lipinski definition) is 4. The highest BCUT2D eigenvalue weighted by Crippen LogP contribution is 2.20. The molecule has 3 rings (SSSR count). The van der Waals surface area contributed by atoms with Crippen molar-refractivity contribution in [2.24, 2.45) is 0 Å². The molecule has 1 atom stereocenters. The first kappa shape index (κ1) is 20.8. The molecular formula is C22H33N3O3. The Morgan fingerprint density at radius 2 is 1.82 bits per heavy atom. The average molecular weight is 388 g/mol. The molecule has 2 amide bonds. The summed E-state index contributed by atoms with van der Waals surface area (Å²) in [7, 11) is 0. The summed E-state index contributed by atoms with van der Waals surface area (Å²) in [6.07, 6.45) is 4.34. The number of nitrogens with zero attached hydrogens (tertiary/aromatic N) is 2. The molecule has 2 aliphatic heterocycles. The number of carbonyl (C=O) groups excluding carboxylic acids is 2. The minimum Gasteiger partial charge on any atom is -0.378 e. The molecule has 6 heteroatoms. The minimum atomic E-state index is -0.0669. The summed E-state index contributed by atoms with van der Waals surface area (Å²) in [6, 6.07) is 8.94. The molecule has 0 radical (unpaired) electrons. The van der Waals surface area contributed by atoms with Crippen LogP contribution < -0.4 is 5.32 Å². The van der Waals surface area contributed by atoms with Gasteiger partial charge in [0.15, 0.2) is 0 Å². The first-order chi connectivity index (χ1) is 13.6. The van der Waals surface area contributed by atoms with E-state index in [4.69, 9.17) is 4.74 Å². The maximum Gasteiger partial charge on any atom is 0.223 e. The lowest BCUT2D eigenvalue weighted by molar-refractivity contribution is -0.137. The molecule has 28 heavy (non-hydrogen) atoms. The van der Waals surface area contributed by atoms with E-state index in [1.807, 2.05) is 6.07 Å². The number of likely N-dealkylation sites (tertiary alicyclic amines) is 1. The van der Waals surface area contributed by atoms with Gasteiger partial charge in [-0.1, -0.05) is 30.7 Å². The fourth-order valence-corrected chi connectivity index (χ4v) is 3.97. The van der Waals surface area contributed by atoms with E-state index in [-0.39, 0.29) is 24.7 Å². The first-order valence-corrected chi connectivity index (χ1v) is 10.6. The molecular weight excluding hydrogens is 354 g/mol. The normalized spacial score (nSPS) is 20.8. The van der Waals surface area contributed by atoms with Crippen LogP contribution in [-0.2, 0) is 27.4 Å². The van der Waals surface area contributed by atoms with Gasteiger partial charge in [-0.15, -0.1) is 0 Å². The van der Waals surface area contributed by atoms with E-state index in [1.54, 1.807) is 4.90 Å². The number of hydrogen-bond donors (Lipinski definition) is 1. The summed E-state index contributed by atoms with van der Waals surface area (Å²) < 4.78 is 5.26. The van der Waals surface area contributed by atoms with Crippen molar-refractivity contribution in [2.75, 3.05) is 32.8 Å². The number of ether oxygens (including phenoxy) is 1. The summed E-state index contributed by atoms with van der Waals surface area (Å²) in [4.78, 5) is 28.7. The van der Waals surface area contributed by atoms with Gasteiger partial charge in [-0.05, 0) is 37.4 Å². The molecule has 1 N–H and O–H groups in total. The van der Waals surface area contributed by atoms with Gasteiger partial charge in [-0.3, -0.25) is 14.5 Å². The fourth-order valence-electron chi connectivity index (χ4n) is 3.97. The molecule has 0 aromatic heterocycles. The highest BCUT2D eigenvalue weighted by atomic mass is 16.5. The zero-order valence-electron chi connectivity index (χ0n) is 17.0. The number of rotatable bonds is 7. The number of benzene rings is 1. The van der Waals surface area contributed by atoms with Crippen molar-refractivity contribution in [2.45, 2.75) is 58.2 Å². The highest BCUT2D eigenvalue weighted by Gasteiger charge is 2.20. The molecule has 1 aromatic carbocycles. The number of amides is 2. The molecule has 0 spiro atoms. The number of nitrogens with one attached hydrogen (secondary N) is 1. The highest BCUT2D eigenvalue weighted by molar-refractivity contribution is 5.83. The minimum absolute atomic E-state index is 0.0398. The largest absolute Gasteiger partial charge is 0.378 e. The molecule has 154 valence electrons. The van der Waals surface area contributed by atoms with Crippen molar-refractivity contribution in [1.82, 2.24) is 15.1 Å². The van der Waals surface area contributed by atoms with Crippen LogP contribution in [0.25, 0.3) is 0 Å². The third-order valence-corrected chi connectivity index (χ3v) is 5.84. The van der Waals surface area contributed by atoms with Gasteiger partial charge in [0.25, 0.3) is 0 Å². The van der Waals surface area contributed by atoms with Crippen molar-refractivity contribution in [3.63, 3.8) is 0 Å². The zero-order valence-corrected chi connectivity index (χ0v) is 17.0. The third kappa shape index (κ3) is 6.04. The molecule has 1 aromatic rings. The second-order valence-electron chi connectivity index (χ2n) is 7.85. The van der Waals surface area contributed by atoms with Crippen LogP contribution in [0.2, 0.25) is 0 Å². The number of morpholine rings is 1. The molecule has 0 bridgehead atoms. The molecule has 2 heterocycles. The lowest BCUT2D eigenvalue weighted by Gasteiger charge is -2.33. The third-order valence-electron chi connectivity index (χ3n) is 5.84. The van der Waals surface area contributed by atoms with Crippen LogP contribution in [0.3, 0.4) is 0 Å². The summed E-state index contributed by atoms with van der Waals surface area (Å²) in [5.41, 5.74) is 2.44. The van der Waals surface area contributed by atoms with Crippen molar-refractivity contribution in [1.29, 1.82) is 0 Å². The van der Waals surface area contributed by atoms with Crippen LogP contribution in [0.15, 0.2) is 24.3 Å². The van der Waals surface area contributed by atoms with Gasteiger partial charge < -0.3 is 15.0 Å². The van der Waals surface area contributed by atoms with E-state index in [1.165, 1.54) is 24.8 Å². The van der Waals surface area contributed by atoms with Crippen LogP contribution >= 0.6 is 0 Å². The monoisotopic (exact) mass is 387 g/mol. The standard InChI is InChI=1S/C22H33N3O3/c1-18-6-4-5-11-25(18)17-20-8-3-2-7-19(20)16-23-21(26)9-10-22(27)24-12-14-28-15-13-24/h2-3,7-8,18H,4-6,9-17H2,1H3,(H,23,26)/t18-/m0/s1. The van der Waals surface area contributed by atoms with Gasteiger partial charge >= 0.3 is 0 Å². The van der Waals surface area contributed by atoms with Crippen LogP contribution in [0.1, 0.15) is 50.2 Å². The molecule has 2 saturated heterocycles. The average Bonchev–Trinajstić information content (AvgIpc) is 2.73. The van der Waals surface area contributed by atoms with Crippen molar-refractivity contribution >= 4 is 11.8 Å². The molecule has 0 aliphatic carbocycles. The summed E-state index contributed by atoms with van der Waals surface area (Å²) >= 11 is 0. The van der Waals surface area contributed by atoms with Crippen LogP contribution in [0.5, 0.6) is 0 Å². The van der Waals surface area contributed by atoms with Gasteiger partial charge in [-0.25, -0.2) is 0 Å². The smallest absolute Gasteiger partial charge is 0.223 e. The fraction of sp³-hybridized carbons (Fsp3) is 0.636. The van der Waals surface area contributed by atoms with Gasteiger partial charge in [-0.2, -0.15) is 0 Å². The Morgan fingerprint density at radius 3 is 2.57 bits per heavy atom. The van der Waals surface area contributed by atoms with E-state index in [0.29, 0.717) is 38.9 Å². The first-order valence-electron chi connectivity index (χ1n) is 10.6. The van der Waals surface area contributed by atoms with Gasteiger partial charge in [0.2, 0.25) is 11.8 Å². The predicted octanol–water partition coefficient (Wildman–Crippen LogP) is 2.32. The van der Waals surface area contributed by atoms with Crippen LogP contribution in [-0.4, -0.2) is 60.5 Å². The Morgan fingerprint density at radius 1 is 1.07 bits per heavy atom. The van der Waals surface area contributed by atoms with E-state index >= 15 is 0 Å². The van der Waals surface area contributed by atoms with E-state index in [9.17, 15) is 9.59 Å². The maximum absolute atomic E-state index is 12.2. The summed E-state index contributed by atoms with van der Waals surface area (Å²) in [5, 5.41) is 2.99. The Bertz CT molecular complexity index is 658. The van der Waals surface area contributed by atoms with Gasteiger partial charge in [0, 0.05) is 45.1 Å².